The van der Waals surface area contributed by atoms with Gasteiger partial charge in [-0.1, -0.05) is 38.7 Å². The van der Waals surface area contributed by atoms with Crippen molar-refractivity contribution in [3.8, 4) is 0 Å². The van der Waals surface area contributed by atoms with E-state index in [0.29, 0.717) is 0 Å². The summed E-state index contributed by atoms with van der Waals surface area (Å²) in [6.45, 7) is 8.52. The molecule has 1 fully saturated rings. The molecule has 1 saturated carbocycles. The first-order valence-electron chi connectivity index (χ1n) is 10.4. The van der Waals surface area contributed by atoms with E-state index in [-0.39, 0.29) is 6.04 Å². The molecule has 2 heterocycles. The van der Waals surface area contributed by atoms with Crippen molar-refractivity contribution in [1.82, 2.24) is 10.2 Å². The zero-order chi connectivity index (χ0) is 19.4. The molecule has 0 bridgehead atoms. The molecule has 3 N–H and O–H groups in total. The fourth-order valence-electron chi connectivity index (χ4n) is 4.08. The maximum Gasteiger partial charge on any atom is 0.0531 e. The van der Waals surface area contributed by atoms with E-state index in [1.54, 1.807) is 6.20 Å². The lowest BCUT2D eigenvalue weighted by Gasteiger charge is -2.31. The highest BCUT2D eigenvalue weighted by molar-refractivity contribution is 6.00. The Morgan fingerprint density at radius 2 is 2.15 bits per heavy atom. The molecule has 0 aromatic heterocycles. The number of nitrogens with one attached hydrogen (secondary N) is 1. The van der Waals surface area contributed by atoms with Crippen molar-refractivity contribution in [2.75, 3.05) is 20.1 Å². The average Bonchev–Trinajstić information content (AvgIpc) is 3.43. The molecule has 4 nitrogen and oxygen atoms in total. The van der Waals surface area contributed by atoms with E-state index in [9.17, 15) is 0 Å². The molecule has 3 aliphatic rings. The summed E-state index contributed by atoms with van der Waals surface area (Å²) >= 11 is 0. The fourth-order valence-corrected chi connectivity index (χ4v) is 4.08. The summed E-state index contributed by atoms with van der Waals surface area (Å²) in [7, 11) is 2.23. The highest BCUT2D eigenvalue weighted by atomic mass is 15.1. The number of hydrogen-bond acceptors (Lipinski definition) is 4. The van der Waals surface area contributed by atoms with E-state index >= 15 is 0 Å². The molecule has 0 radical (unpaired) electrons. The second-order valence-electron chi connectivity index (χ2n) is 8.68. The molecule has 1 aliphatic carbocycles. The van der Waals surface area contributed by atoms with Crippen molar-refractivity contribution in [3.63, 3.8) is 0 Å². The van der Waals surface area contributed by atoms with E-state index in [1.165, 1.54) is 48.9 Å². The summed E-state index contributed by atoms with van der Waals surface area (Å²) < 4.78 is 0. The van der Waals surface area contributed by atoms with Crippen LogP contribution < -0.4 is 11.1 Å². The van der Waals surface area contributed by atoms with Gasteiger partial charge in [0.15, 0.2) is 0 Å². The summed E-state index contributed by atoms with van der Waals surface area (Å²) in [5, 5.41) is 3.45. The van der Waals surface area contributed by atoms with E-state index in [2.05, 4.69) is 42.2 Å². The second-order valence-corrected chi connectivity index (χ2v) is 8.68. The Morgan fingerprint density at radius 3 is 2.81 bits per heavy atom. The smallest absolute Gasteiger partial charge is 0.0531 e. The summed E-state index contributed by atoms with van der Waals surface area (Å²) in [4.78, 5) is 6.78. The van der Waals surface area contributed by atoms with E-state index in [4.69, 9.17) is 5.73 Å². The molecule has 27 heavy (non-hydrogen) atoms. The molecular weight excluding hydrogens is 332 g/mol. The number of nitrogens with zero attached hydrogens (tertiary/aromatic N) is 2. The van der Waals surface area contributed by atoms with Gasteiger partial charge in [0.2, 0.25) is 0 Å². The van der Waals surface area contributed by atoms with Gasteiger partial charge in [-0.2, -0.15) is 0 Å². The van der Waals surface area contributed by atoms with Gasteiger partial charge >= 0.3 is 0 Å². The molecule has 0 spiro atoms. The third-order valence-corrected chi connectivity index (χ3v) is 6.01. The van der Waals surface area contributed by atoms with Crippen LogP contribution in [0.25, 0.3) is 0 Å². The van der Waals surface area contributed by atoms with Crippen LogP contribution >= 0.6 is 0 Å². The highest BCUT2D eigenvalue weighted by Gasteiger charge is 2.23. The Balaban J connectivity index is 1.55. The van der Waals surface area contributed by atoms with Gasteiger partial charge in [0.25, 0.3) is 0 Å². The lowest BCUT2D eigenvalue weighted by Crippen LogP contribution is -2.31. The topological polar surface area (TPSA) is 53.6 Å². The summed E-state index contributed by atoms with van der Waals surface area (Å²) in [5.74, 6) is 1.82. The fraction of sp³-hybridized carbons (Fsp3) is 0.609. The third kappa shape index (κ3) is 5.58. The van der Waals surface area contributed by atoms with Crippen LogP contribution in [0.3, 0.4) is 0 Å². The van der Waals surface area contributed by atoms with Gasteiger partial charge in [0.05, 0.1) is 6.04 Å². The minimum absolute atomic E-state index is 0.0663. The monoisotopic (exact) mass is 368 g/mol. The highest BCUT2D eigenvalue weighted by Crippen LogP contribution is 2.36. The molecule has 2 unspecified atom stereocenters. The Labute approximate surface area is 165 Å². The van der Waals surface area contributed by atoms with Crippen molar-refractivity contribution in [3.05, 3.63) is 47.0 Å². The zero-order valence-corrected chi connectivity index (χ0v) is 17.5. The number of aliphatic imine (C=N–C) groups is 1. The average molecular weight is 369 g/mol. The van der Waals surface area contributed by atoms with Gasteiger partial charge in [0.1, 0.15) is 0 Å². The first-order chi connectivity index (χ1) is 12.9. The SMILES string of the molecule is CC1=NC=CC(N)/C1=C\NCC1=CC(C)=C(CC(C)CCC2CC2)N(C)C1. The third-order valence-electron chi connectivity index (χ3n) is 6.01. The van der Waals surface area contributed by atoms with Crippen molar-refractivity contribution < 1.29 is 0 Å². The van der Waals surface area contributed by atoms with Crippen LogP contribution in [0, 0.1) is 11.8 Å². The van der Waals surface area contributed by atoms with E-state index < -0.39 is 0 Å². The zero-order valence-electron chi connectivity index (χ0n) is 17.5. The van der Waals surface area contributed by atoms with Crippen LogP contribution in [0.2, 0.25) is 0 Å². The Hall–Kier alpha value is -1.81. The van der Waals surface area contributed by atoms with Gasteiger partial charge in [0, 0.05) is 49.5 Å². The number of hydrogen-bond donors (Lipinski definition) is 2. The molecule has 148 valence electrons. The maximum atomic E-state index is 6.14. The largest absolute Gasteiger partial charge is 0.387 e. The predicted molar refractivity (Wildman–Crippen MR) is 115 cm³/mol. The standard InChI is InChI=1S/C23H36N4/c1-16(5-6-19-7-8-19)11-23-17(2)12-20(15-27(23)4)13-25-14-21-18(3)26-10-9-22(21)24/h9-10,12,14,16,19,22,25H,5-8,11,13,15,24H2,1-4H3/b21-14-. The summed E-state index contributed by atoms with van der Waals surface area (Å²) in [5.41, 5.74) is 12.5. The molecule has 0 saturated heterocycles. The van der Waals surface area contributed by atoms with Crippen molar-refractivity contribution in [2.45, 2.75) is 58.9 Å². The van der Waals surface area contributed by atoms with Crippen LogP contribution in [0.5, 0.6) is 0 Å². The van der Waals surface area contributed by atoms with Crippen molar-refractivity contribution in [1.29, 1.82) is 0 Å². The Morgan fingerprint density at radius 1 is 1.37 bits per heavy atom. The normalized spacial score (nSPS) is 25.6. The van der Waals surface area contributed by atoms with E-state index in [0.717, 1.165) is 36.2 Å². The minimum atomic E-state index is -0.0663. The van der Waals surface area contributed by atoms with Crippen LogP contribution in [-0.4, -0.2) is 36.8 Å². The van der Waals surface area contributed by atoms with Gasteiger partial charge in [-0.05, 0) is 49.3 Å². The van der Waals surface area contributed by atoms with Gasteiger partial charge in [-0.3, -0.25) is 4.99 Å². The van der Waals surface area contributed by atoms with Crippen molar-refractivity contribution >= 4 is 5.71 Å². The summed E-state index contributed by atoms with van der Waals surface area (Å²) in [6.07, 6.45) is 15.1. The number of nitrogens with two attached hydrogens (primary N) is 1. The number of likely N-dealkylation sites (N-methyl/N-ethyl adjacent to an activating group) is 1. The summed E-state index contributed by atoms with van der Waals surface area (Å²) in [6, 6.07) is -0.0663. The molecule has 0 aromatic rings. The molecule has 0 aromatic carbocycles. The first kappa shape index (κ1) is 19.9. The molecular formula is C23H36N4. The number of rotatable bonds is 8. The molecule has 2 aliphatic heterocycles. The lowest BCUT2D eigenvalue weighted by atomic mass is 9.93. The maximum absolute atomic E-state index is 6.14. The van der Waals surface area contributed by atoms with Crippen LogP contribution in [-0.2, 0) is 0 Å². The Bertz CT molecular complexity index is 691. The second kappa shape index (κ2) is 8.92. The molecule has 0 amide bonds. The van der Waals surface area contributed by atoms with Crippen LogP contribution in [0.1, 0.15) is 52.9 Å². The van der Waals surface area contributed by atoms with Crippen LogP contribution in [0.4, 0.5) is 0 Å². The molecule has 3 rings (SSSR count). The minimum Gasteiger partial charge on any atom is -0.387 e. The lowest BCUT2D eigenvalue weighted by molar-refractivity contribution is 0.375. The van der Waals surface area contributed by atoms with Gasteiger partial charge < -0.3 is 16.0 Å². The molecule has 2 atom stereocenters. The van der Waals surface area contributed by atoms with Crippen molar-refractivity contribution in [2.24, 2.45) is 22.6 Å². The van der Waals surface area contributed by atoms with Gasteiger partial charge in [-0.25, -0.2) is 0 Å². The Kier molecular flexibility index (Phi) is 6.59. The van der Waals surface area contributed by atoms with Crippen LogP contribution in [0.15, 0.2) is 52.0 Å². The van der Waals surface area contributed by atoms with Gasteiger partial charge in [-0.15, -0.1) is 0 Å². The predicted octanol–water partition coefficient (Wildman–Crippen LogP) is 4.14. The number of allylic oxidation sites excluding steroid dienone is 3. The molecule has 4 heteroatoms. The quantitative estimate of drug-likeness (QED) is 0.677. The van der Waals surface area contributed by atoms with E-state index in [1.807, 2.05) is 19.2 Å². The first-order valence-corrected chi connectivity index (χ1v) is 10.4.